The van der Waals surface area contributed by atoms with Crippen molar-refractivity contribution in [2.24, 2.45) is 0 Å². The second-order valence-electron chi connectivity index (χ2n) is 7.69. The van der Waals surface area contributed by atoms with E-state index in [4.69, 9.17) is 11.6 Å². The second-order valence-corrected chi connectivity index (χ2v) is 9.99. The number of benzene rings is 3. The summed E-state index contributed by atoms with van der Waals surface area (Å²) in [6.45, 7) is 5.29. The Morgan fingerprint density at radius 1 is 1.00 bits per heavy atom. The molecule has 1 amide bonds. The molecule has 0 aliphatic heterocycles. The van der Waals surface area contributed by atoms with E-state index in [2.05, 4.69) is 5.32 Å². The molecule has 0 fully saturated rings. The number of carbonyl (C=O) groups is 1. The Kier molecular flexibility index (Phi) is 7.59. The van der Waals surface area contributed by atoms with Gasteiger partial charge in [0, 0.05) is 5.02 Å². The van der Waals surface area contributed by atoms with Crippen molar-refractivity contribution in [1.82, 2.24) is 5.32 Å². The van der Waals surface area contributed by atoms with Gasteiger partial charge < -0.3 is 5.32 Å². The van der Waals surface area contributed by atoms with Gasteiger partial charge in [-0.15, -0.1) is 0 Å². The lowest BCUT2D eigenvalue weighted by Gasteiger charge is -2.27. The number of halogens is 1. The Bertz CT molecular complexity index is 1180. The number of nitrogens with one attached hydrogen (secondary N) is 1. The number of amides is 1. The minimum Gasteiger partial charge on any atom is -0.348 e. The van der Waals surface area contributed by atoms with Crippen LogP contribution in [0.3, 0.4) is 0 Å². The molecule has 0 radical (unpaired) electrons. The second kappa shape index (κ2) is 10.2. The molecule has 1 N–H and O–H groups in total. The van der Waals surface area contributed by atoms with E-state index >= 15 is 0 Å². The monoisotopic (exact) mass is 470 g/mol. The lowest BCUT2D eigenvalue weighted by molar-refractivity contribution is -0.120. The molecule has 1 atom stereocenters. The van der Waals surface area contributed by atoms with Crippen molar-refractivity contribution in [3.63, 3.8) is 0 Å². The van der Waals surface area contributed by atoms with Crippen molar-refractivity contribution in [3.8, 4) is 0 Å². The summed E-state index contributed by atoms with van der Waals surface area (Å²) >= 11 is 6.08. The van der Waals surface area contributed by atoms with E-state index in [0.717, 1.165) is 15.4 Å². The summed E-state index contributed by atoms with van der Waals surface area (Å²) in [5, 5.41) is 3.47. The van der Waals surface area contributed by atoms with Crippen LogP contribution in [0.5, 0.6) is 0 Å². The molecule has 3 aromatic carbocycles. The molecular weight excluding hydrogens is 444 g/mol. The van der Waals surface area contributed by atoms with Crippen LogP contribution in [0, 0.1) is 13.8 Å². The summed E-state index contributed by atoms with van der Waals surface area (Å²) in [6, 6.07) is 20.9. The summed E-state index contributed by atoms with van der Waals surface area (Å²) in [4.78, 5) is 13.2. The number of sulfonamides is 1. The first kappa shape index (κ1) is 23.8. The van der Waals surface area contributed by atoms with E-state index in [-0.39, 0.29) is 23.4 Å². The van der Waals surface area contributed by atoms with Gasteiger partial charge >= 0.3 is 0 Å². The lowest BCUT2D eigenvalue weighted by atomic mass is 10.0. The fraction of sp³-hybridized carbons (Fsp3) is 0.240. The van der Waals surface area contributed by atoms with Gasteiger partial charge in [0.15, 0.2) is 0 Å². The maximum Gasteiger partial charge on any atom is 0.264 e. The molecule has 0 aliphatic carbocycles. The standard InChI is InChI=1S/C25H27ClN2O3S/c1-4-23(20-8-6-5-7-9-20)27-25(29)17-28(24-15-12-21(26)16-19(24)3)32(30,31)22-13-10-18(2)11-14-22/h5-16,23H,4,17H2,1-3H3,(H,27,29)/t23-/m1/s1. The highest BCUT2D eigenvalue weighted by molar-refractivity contribution is 7.92. The van der Waals surface area contributed by atoms with E-state index in [1.54, 1.807) is 49.4 Å². The van der Waals surface area contributed by atoms with Crippen LogP contribution in [-0.4, -0.2) is 20.9 Å². The summed E-state index contributed by atoms with van der Waals surface area (Å²) in [7, 11) is -3.98. The first-order chi connectivity index (χ1) is 15.2. The van der Waals surface area contributed by atoms with Crippen LogP contribution in [0.15, 0.2) is 77.7 Å². The molecule has 168 valence electrons. The summed E-state index contributed by atoms with van der Waals surface area (Å²) < 4.78 is 28.3. The molecule has 0 bridgehead atoms. The van der Waals surface area contributed by atoms with Gasteiger partial charge in [0.2, 0.25) is 5.91 Å². The highest BCUT2D eigenvalue weighted by Gasteiger charge is 2.29. The number of rotatable bonds is 8. The van der Waals surface area contributed by atoms with E-state index in [0.29, 0.717) is 22.7 Å². The van der Waals surface area contributed by atoms with Gasteiger partial charge in [-0.1, -0.05) is 66.6 Å². The summed E-state index contributed by atoms with van der Waals surface area (Å²) in [5.41, 5.74) is 3.00. The van der Waals surface area contributed by atoms with Crippen molar-refractivity contribution >= 4 is 33.2 Å². The first-order valence-electron chi connectivity index (χ1n) is 10.4. The number of carbonyl (C=O) groups excluding carboxylic acids is 1. The quantitative estimate of drug-likeness (QED) is 0.478. The topological polar surface area (TPSA) is 66.5 Å². The van der Waals surface area contributed by atoms with Crippen LogP contribution in [0.1, 0.15) is 36.1 Å². The lowest BCUT2D eigenvalue weighted by Crippen LogP contribution is -2.42. The summed E-state index contributed by atoms with van der Waals surface area (Å²) in [5.74, 6) is -0.384. The zero-order valence-electron chi connectivity index (χ0n) is 18.4. The number of hydrogen-bond donors (Lipinski definition) is 1. The Balaban J connectivity index is 1.95. The molecule has 3 rings (SSSR count). The smallest absolute Gasteiger partial charge is 0.264 e. The zero-order valence-corrected chi connectivity index (χ0v) is 20.0. The first-order valence-corrected chi connectivity index (χ1v) is 12.2. The fourth-order valence-corrected chi connectivity index (χ4v) is 5.22. The predicted octanol–water partition coefficient (Wildman–Crippen LogP) is 5.42. The van der Waals surface area contributed by atoms with E-state index in [9.17, 15) is 13.2 Å². The van der Waals surface area contributed by atoms with Gasteiger partial charge in [0.05, 0.1) is 16.6 Å². The van der Waals surface area contributed by atoms with Crippen molar-refractivity contribution in [2.75, 3.05) is 10.8 Å². The average Bonchev–Trinajstić information content (AvgIpc) is 2.77. The van der Waals surface area contributed by atoms with E-state index in [1.165, 1.54) is 0 Å². The number of nitrogens with zero attached hydrogens (tertiary/aromatic N) is 1. The largest absolute Gasteiger partial charge is 0.348 e. The fourth-order valence-electron chi connectivity index (χ4n) is 3.51. The third-order valence-corrected chi connectivity index (χ3v) is 7.28. The minimum absolute atomic E-state index is 0.125. The third-order valence-electron chi connectivity index (χ3n) is 5.27. The molecule has 5 nitrogen and oxygen atoms in total. The van der Waals surface area contributed by atoms with Gasteiger partial charge in [-0.2, -0.15) is 0 Å². The van der Waals surface area contributed by atoms with Gasteiger partial charge in [-0.3, -0.25) is 9.10 Å². The highest BCUT2D eigenvalue weighted by Crippen LogP contribution is 2.29. The number of hydrogen-bond acceptors (Lipinski definition) is 3. The van der Waals surface area contributed by atoms with Crippen LogP contribution < -0.4 is 9.62 Å². The molecule has 0 aliphatic rings. The van der Waals surface area contributed by atoms with Crippen molar-refractivity contribution in [3.05, 3.63) is 94.5 Å². The van der Waals surface area contributed by atoms with Gasteiger partial charge in [0.1, 0.15) is 6.54 Å². The number of anilines is 1. The van der Waals surface area contributed by atoms with Gasteiger partial charge in [-0.25, -0.2) is 8.42 Å². The van der Waals surface area contributed by atoms with Crippen LogP contribution in [0.25, 0.3) is 0 Å². The maximum atomic E-state index is 13.6. The molecule has 3 aromatic rings. The van der Waals surface area contributed by atoms with Crippen LogP contribution in [-0.2, 0) is 14.8 Å². The third kappa shape index (κ3) is 5.50. The Morgan fingerprint density at radius 2 is 1.66 bits per heavy atom. The average molecular weight is 471 g/mol. The van der Waals surface area contributed by atoms with Crippen molar-refractivity contribution in [1.29, 1.82) is 0 Å². The molecule has 0 aromatic heterocycles. The van der Waals surface area contributed by atoms with E-state index < -0.39 is 10.0 Å². The minimum atomic E-state index is -3.98. The maximum absolute atomic E-state index is 13.6. The van der Waals surface area contributed by atoms with Crippen molar-refractivity contribution < 1.29 is 13.2 Å². The summed E-state index contributed by atoms with van der Waals surface area (Å²) in [6.07, 6.45) is 0.681. The predicted molar refractivity (Wildman–Crippen MR) is 130 cm³/mol. The van der Waals surface area contributed by atoms with Gasteiger partial charge in [0.25, 0.3) is 10.0 Å². The van der Waals surface area contributed by atoms with Crippen molar-refractivity contribution in [2.45, 2.75) is 38.1 Å². The Morgan fingerprint density at radius 3 is 2.25 bits per heavy atom. The molecule has 7 heteroatoms. The molecule has 0 heterocycles. The zero-order chi connectivity index (χ0) is 23.3. The normalized spacial score (nSPS) is 12.2. The van der Waals surface area contributed by atoms with E-state index in [1.807, 2.05) is 44.2 Å². The molecule has 0 unspecified atom stereocenters. The molecular formula is C25H27ClN2O3S. The highest BCUT2D eigenvalue weighted by atomic mass is 35.5. The SMILES string of the molecule is CC[C@@H](NC(=O)CN(c1ccc(Cl)cc1C)S(=O)(=O)c1ccc(C)cc1)c1ccccc1. The Hall–Kier alpha value is -2.83. The van der Waals surface area contributed by atoms with Crippen LogP contribution in [0.4, 0.5) is 5.69 Å². The van der Waals surface area contributed by atoms with Crippen LogP contribution in [0.2, 0.25) is 5.02 Å². The molecule has 32 heavy (non-hydrogen) atoms. The Labute approximate surface area is 195 Å². The number of aryl methyl sites for hydroxylation is 2. The van der Waals surface area contributed by atoms with Crippen LogP contribution >= 0.6 is 11.6 Å². The molecule has 0 saturated carbocycles. The molecule has 0 saturated heterocycles. The molecule has 0 spiro atoms. The van der Waals surface area contributed by atoms with Gasteiger partial charge in [-0.05, 0) is 61.7 Å².